The maximum Gasteiger partial charge on any atom is 0.246 e. The van der Waals surface area contributed by atoms with E-state index >= 15 is 0 Å². The molecular formula is C13H21N5O. The Bertz CT molecular complexity index is 477. The van der Waals surface area contributed by atoms with Gasteiger partial charge in [-0.2, -0.15) is 5.10 Å². The minimum Gasteiger partial charge on any atom is -0.372 e. The van der Waals surface area contributed by atoms with E-state index in [9.17, 15) is 4.79 Å². The van der Waals surface area contributed by atoms with Gasteiger partial charge in [-0.1, -0.05) is 6.08 Å². The fraction of sp³-hybridized carbons (Fsp3) is 0.538. The van der Waals surface area contributed by atoms with E-state index in [2.05, 4.69) is 10.4 Å². The highest BCUT2D eigenvalue weighted by molar-refractivity contribution is 5.87. The minimum absolute atomic E-state index is 0.0697. The van der Waals surface area contributed by atoms with Crippen LogP contribution in [-0.2, 0) is 17.9 Å². The van der Waals surface area contributed by atoms with Gasteiger partial charge in [-0.05, 0) is 14.1 Å². The summed E-state index contributed by atoms with van der Waals surface area (Å²) in [5.74, 6) is 0.924. The molecule has 0 bridgehead atoms. The van der Waals surface area contributed by atoms with Gasteiger partial charge in [0, 0.05) is 32.3 Å². The summed E-state index contributed by atoms with van der Waals surface area (Å²) in [5.41, 5.74) is 1.07. The topological polar surface area (TPSA) is 53.4 Å². The zero-order valence-electron chi connectivity index (χ0n) is 11.8. The molecule has 1 aliphatic heterocycles. The lowest BCUT2D eigenvalue weighted by molar-refractivity contribution is -0.127. The van der Waals surface area contributed by atoms with Crippen molar-refractivity contribution in [1.82, 2.24) is 19.6 Å². The molecule has 104 valence electrons. The molecule has 1 aliphatic rings. The van der Waals surface area contributed by atoms with Gasteiger partial charge < -0.3 is 15.1 Å². The van der Waals surface area contributed by atoms with Gasteiger partial charge in [0.25, 0.3) is 0 Å². The average molecular weight is 263 g/mol. The van der Waals surface area contributed by atoms with Crippen LogP contribution in [0.2, 0.25) is 0 Å². The zero-order valence-corrected chi connectivity index (χ0v) is 11.8. The molecule has 6 heteroatoms. The van der Waals surface area contributed by atoms with Crippen molar-refractivity contribution in [3.8, 4) is 0 Å². The fourth-order valence-corrected chi connectivity index (χ4v) is 2.05. The first kappa shape index (κ1) is 13.6. The molecule has 19 heavy (non-hydrogen) atoms. The van der Waals surface area contributed by atoms with E-state index in [0.29, 0.717) is 13.1 Å². The van der Waals surface area contributed by atoms with Crippen molar-refractivity contribution in [2.45, 2.75) is 13.1 Å². The van der Waals surface area contributed by atoms with Gasteiger partial charge in [0.05, 0.1) is 18.8 Å². The standard InChI is InChI=1S/C13H21N5O/c1-14-12-9-11-10-17(7-8-18(11)15-12)13(19)5-4-6-16(2)3/h4-5,9H,6-8,10H2,1-3H3,(H,14,15)/b5-4+. The van der Waals surface area contributed by atoms with Gasteiger partial charge in [0.15, 0.2) is 0 Å². The fourth-order valence-electron chi connectivity index (χ4n) is 2.05. The summed E-state index contributed by atoms with van der Waals surface area (Å²) in [6, 6.07) is 1.99. The van der Waals surface area contributed by atoms with Crippen LogP contribution in [0.4, 0.5) is 5.82 Å². The first-order valence-electron chi connectivity index (χ1n) is 6.45. The number of nitrogens with one attached hydrogen (secondary N) is 1. The van der Waals surface area contributed by atoms with Crippen molar-refractivity contribution in [1.29, 1.82) is 0 Å². The van der Waals surface area contributed by atoms with E-state index in [1.54, 1.807) is 6.08 Å². The maximum atomic E-state index is 12.0. The average Bonchev–Trinajstić information content (AvgIpc) is 2.79. The Kier molecular flexibility index (Phi) is 4.21. The molecule has 0 aromatic carbocycles. The molecule has 0 atom stereocenters. The number of carbonyl (C=O) groups is 1. The van der Waals surface area contributed by atoms with Crippen LogP contribution in [0, 0.1) is 0 Å². The molecule has 0 fully saturated rings. The molecule has 0 spiro atoms. The Morgan fingerprint density at radius 1 is 1.53 bits per heavy atom. The van der Waals surface area contributed by atoms with E-state index in [4.69, 9.17) is 0 Å². The van der Waals surface area contributed by atoms with Gasteiger partial charge in [-0.3, -0.25) is 9.48 Å². The normalized spacial score (nSPS) is 15.1. The molecule has 1 amide bonds. The summed E-state index contributed by atoms with van der Waals surface area (Å²) >= 11 is 0. The van der Waals surface area contributed by atoms with Crippen LogP contribution in [0.25, 0.3) is 0 Å². The highest BCUT2D eigenvalue weighted by Crippen LogP contribution is 2.16. The van der Waals surface area contributed by atoms with Gasteiger partial charge >= 0.3 is 0 Å². The monoisotopic (exact) mass is 263 g/mol. The Balaban J connectivity index is 1.97. The third-order valence-corrected chi connectivity index (χ3v) is 3.10. The molecule has 2 heterocycles. The summed E-state index contributed by atoms with van der Waals surface area (Å²) in [5, 5.41) is 7.41. The Labute approximate surface area is 113 Å². The third kappa shape index (κ3) is 3.35. The second-order valence-corrected chi connectivity index (χ2v) is 4.92. The molecule has 2 rings (SSSR count). The number of fused-ring (bicyclic) bond motifs is 1. The first-order chi connectivity index (χ1) is 9.10. The highest BCUT2D eigenvalue weighted by Gasteiger charge is 2.20. The van der Waals surface area contributed by atoms with Gasteiger partial charge in [0.2, 0.25) is 5.91 Å². The Morgan fingerprint density at radius 3 is 3.00 bits per heavy atom. The van der Waals surface area contributed by atoms with Crippen LogP contribution in [0.15, 0.2) is 18.2 Å². The summed E-state index contributed by atoms with van der Waals surface area (Å²) in [6.07, 6.45) is 3.55. The van der Waals surface area contributed by atoms with Crippen LogP contribution >= 0.6 is 0 Å². The maximum absolute atomic E-state index is 12.0. The summed E-state index contributed by atoms with van der Waals surface area (Å²) in [6.45, 7) is 2.87. The predicted octanol–water partition coefficient (Wildman–Crippen LogP) is 0.385. The highest BCUT2D eigenvalue weighted by atomic mass is 16.2. The second-order valence-electron chi connectivity index (χ2n) is 4.92. The number of rotatable bonds is 4. The Morgan fingerprint density at radius 2 is 2.32 bits per heavy atom. The van der Waals surface area contributed by atoms with Crippen molar-refractivity contribution < 1.29 is 4.79 Å². The molecule has 0 radical (unpaired) electrons. The summed E-state index contributed by atoms with van der Waals surface area (Å²) < 4.78 is 1.96. The molecule has 1 N–H and O–H groups in total. The number of carbonyl (C=O) groups excluding carboxylic acids is 1. The molecule has 0 aliphatic carbocycles. The van der Waals surface area contributed by atoms with Crippen LogP contribution in [-0.4, -0.2) is 59.7 Å². The van der Waals surface area contributed by atoms with Crippen molar-refractivity contribution in [2.24, 2.45) is 0 Å². The van der Waals surface area contributed by atoms with Crippen molar-refractivity contribution >= 4 is 11.7 Å². The van der Waals surface area contributed by atoms with Gasteiger partial charge in [-0.15, -0.1) is 0 Å². The van der Waals surface area contributed by atoms with E-state index in [1.165, 1.54) is 0 Å². The number of likely N-dealkylation sites (N-methyl/N-ethyl adjacent to an activating group) is 1. The first-order valence-corrected chi connectivity index (χ1v) is 6.45. The number of hydrogen-bond acceptors (Lipinski definition) is 4. The molecule has 0 saturated heterocycles. The number of aromatic nitrogens is 2. The minimum atomic E-state index is 0.0697. The number of hydrogen-bond donors (Lipinski definition) is 1. The number of nitrogens with zero attached hydrogens (tertiary/aromatic N) is 4. The third-order valence-electron chi connectivity index (χ3n) is 3.10. The van der Waals surface area contributed by atoms with Crippen LogP contribution in [0.3, 0.4) is 0 Å². The van der Waals surface area contributed by atoms with E-state index in [0.717, 1.165) is 24.6 Å². The van der Waals surface area contributed by atoms with Crippen LogP contribution < -0.4 is 5.32 Å². The van der Waals surface area contributed by atoms with Crippen molar-refractivity contribution in [2.75, 3.05) is 39.5 Å². The largest absolute Gasteiger partial charge is 0.372 e. The molecule has 1 aromatic rings. The molecular weight excluding hydrogens is 242 g/mol. The molecule has 1 aromatic heterocycles. The lowest BCUT2D eigenvalue weighted by Gasteiger charge is -2.26. The van der Waals surface area contributed by atoms with Gasteiger partial charge in [-0.25, -0.2) is 0 Å². The van der Waals surface area contributed by atoms with Crippen molar-refractivity contribution in [3.05, 3.63) is 23.9 Å². The SMILES string of the molecule is CNc1cc2n(n1)CCN(C(=O)/C=C/CN(C)C)C2. The van der Waals surface area contributed by atoms with Gasteiger partial charge in [0.1, 0.15) is 5.82 Å². The van der Waals surface area contributed by atoms with Crippen LogP contribution in [0.1, 0.15) is 5.69 Å². The molecule has 6 nitrogen and oxygen atoms in total. The number of amides is 1. The summed E-state index contributed by atoms with van der Waals surface area (Å²) in [7, 11) is 5.81. The molecule has 0 saturated carbocycles. The second kappa shape index (κ2) is 5.88. The van der Waals surface area contributed by atoms with Crippen molar-refractivity contribution in [3.63, 3.8) is 0 Å². The number of anilines is 1. The lowest BCUT2D eigenvalue weighted by atomic mass is 10.3. The van der Waals surface area contributed by atoms with E-state index in [-0.39, 0.29) is 5.91 Å². The molecule has 0 unspecified atom stereocenters. The van der Waals surface area contributed by atoms with Crippen LogP contribution in [0.5, 0.6) is 0 Å². The zero-order chi connectivity index (χ0) is 13.8. The lowest BCUT2D eigenvalue weighted by Crippen LogP contribution is -2.37. The van der Waals surface area contributed by atoms with E-state index < -0.39 is 0 Å². The van der Waals surface area contributed by atoms with E-state index in [1.807, 2.05) is 47.8 Å². The quantitative estimate of drug-likeness (QED) is 0.798. The Hall–Kier alpha value is -1.82. The summed E-state index contributed by atoms with van der Waals surface area (Å²) in [4.78, 5) is 15.9. The smallest absolute Gasteiger partial charge is 0.246 e. The predicted molar refractivity (Wildman–Crippen MR) is 74.9 cm³/mol.